The van der Waals surface area contributed by atoms with Crippen molar-refractivity contribution in [2.24, 2.45) is 4.99 Å². The van der Waals surface area contributed by atoms with Crippen LogP contribution in [0.3, 0.4) is 0 Å². The number of fused-ring (bicyclic) bond motifs is 1. The van der Waals surface area contributed by atoms with Crippen LogP contribution in [0, 0.1) is 0 Å². The van der Waals surface area contributed by atoms with Crippen molar-refractivity contribution in [2.45, 2.75) is 13.0 Å². The monoisotopic (exact) mass is 400 g/mol. The van der Waals surface area contributed by atoms with Crippen LogP contribution in [0.25, 0.3) is 10.2 Å². The first kappa shape index (κ1) is 19.6. The Morgan fingerprint density at radius 2 is 1.86 bits per heavy atom. The van der Waals surface area contributed by atoms with E-state index in [4.69, 9.17) is 14.2 Å². The molecule has 0 aliphatic carbocycles. The number of carbonyl (C=O) groups excluding carboxylic acids is 2. The third kappa shape index (κ3) is 4.23. The number of methoxy groups -OCH3 is 3. The number of rotatable bonds is 6. The molecule has 0 aliphatic heterocycles. The van der Waals surface area contributed by atoms with Gasteiger partial charge in [-0.2, -0.15) is 4.99 Å². The number of amides is 1. The summed E-state index contributed by atoms with van der Waals surface area (Å²) in [6, 6.07) is 12.8. The predicted octanol–water partition coefficient (Wildman–Crippen LogP) is 2.56. The standard InChI is InChI=1S/C20H20N2O5S/c1-25-14-9-8-13(16(11-14)26-2)10-18(23)21-20-22(12-19(24)27-3)15-6-4-5-7-17(15)28-20/h4-9,11H,10,12H2,1-3H3. The predicted molar refractivity (Wildman–Crippen MR) is 106 cm³/mol. The molecule has 2 aromatic carbocycles. The summed E-state index contributed by atoms with van der Waals surface area (Å²) in [4.78, 5) is 29.1. The summed E-state index contributed by atoms with van der Waals surface area (Å²) in [5, 5.41) is 0. The Labute approximate surface area is 165 Å². The number of hydrogen-bond acceptors (Lipinski definition) is 6. The van der Waals surface area contributed by atoms with Gasteiger partial charge in [0.2, 0.25) is 0 Å². The first-order chi connectivity index (χ1) is 13.5. The maximum Gasteiger partial charge on any atom is 0.325 e. The largest absolute Gasteiger partial charge is 0.497 e. The number of esters is 1. The van der Waals surface area contributed by atoms with E-state index in [1.54, 1.807) is 29.9 Å². The molecule has 146 valence electrons. The van der Waals surface area contributed by atoms with Crippen LogP contribution in [0.15, 0.2) is 47.5 Å². The Hall–Kier alpha value is -3.13. The van der Waals surface area contributed by atoms with E-state index in [-0.39, 0.29) is 18.9 Å². The van der Waals surface area contributed by atoms with Gasteiger partial charge in [0, 0.05) is 11.6 Å². The summed E-state index contributed by atoms with van der Waals surface area (Å²) >= 11 is 1.35. The Kier molecular flexibility index (Phi) is 6.10. The van der Waals surface area contributed by atoms with Gasteiger partial charge in [-0.15, -0.1) is 0 Å². The van der Waals surface area contributed by atoms with Gasteiger partial charge in [0.05, 0.1) is 38.0 Å². The topological polar surface area (TPSA) is 79.1 Å². The average Bonchev–Trinajstić information content (AvgIpc) is 3.05. The van der Waals surface area contributed by atoms with Gasteiger partial charge in [-0.05, 0) is 18.2 Å². The van der Waals surface area contributed by atoms with Crippen LogP contribution in [-0.4, -0.2) is 37.8 Å². The Balaban J connectivity index is 1.97. The highest BCUT2D eigenvalue weighted by atomic mass is 32.1. The first-order valence-corrected chi connectivity index (χ1v) is 9.31. The molecule has 0 fully saturated rings. The van der Waals surface area contributed by atoms with Crippen molar-refractivity contribution in [2.75, 3.05) is 21.3 Å². The van der Waals surface area contributed by atoms with Gasteiger partial charge < -0.3 is 18.8 Å². The maximum atomic E-state index is 12.6. The number of hydrogen-bond donors (Lipinski definition) is 0. The molecule has 8 heteroatoms. The van der Waals surface area contributed by atoms with E-state index >= 15 is 0 Å². The Morgan fingerprint density at radius 3 is 2.57 bits per heavy atom. The zero-order chi connectivity index (χ0) is 20.1. The lowest BCUT2D eigenvalue weighted by atomic mass is 10.1. The zero-order valence-electron chi connectivity index (χ0n) is 15.8. The fourth-order valence-corrected chi connectivity index (χ4v) is 3.81. The molecule has 1 aromatic heterocycles. The summed E-state index contributed by atoms with van der Waals surface area (Å²) in [5.74, 6) is 0.454. The van der Waals surface area contributed by atoms with Crippen molar-refractivity contribution in [3.8, 4) is 11.5 Å². The molecule has 0 spiro atoms. The van der Waals surface area contributed by atoms with Gasteiger partial charge in [0.1, 0.15) is 18.0 Å². The lowest BCUT2D eigenvalue weighted by Gasteiger charge is -2.08. The number of para-hydroxylation sites is 1. The number of benzene rings is 2. The highest BCUT2D eigenvalue weighted by Gasteiger charge is 2.13. The summed E-state index contributed by atoms with van der Waals surface area (Å²) < 4.78 is 17.9. The normalized spacial score (nSPS) is 11.5. The summed E-state index contributed by atoms with van der Waals surface area (Å²) in [6.45, 7) is -0.0154. The van der Waals surface area contributed by atoms with E-state index in [1.807, 2.05) is 24.3 Å². The van der Waals surface area contributed by atoms with Gasteiger partial charge in [-0.1, -0.05) is 29.5 Å². The van der Waals surface area contributed by atoms with Crippen molar-refractivity contribution in [1.29, 1.82) is 0 Å². The SMILES string of the molecule is COC(=O)Cn1c(=NC(=O)Cc2ccc(OC)cc2OC)sc2ccccc21. The Bertz CT molecular complexity index is 1080. The molecule has 0 atom stereocenters. The van der Waals surface area contributed by atoms with E-state index in [0.29, 0.717) is 21.9 Å². The van der Waals surface area contributed by atoms with Crippen LogP contribution in [0.4, 0.5) is 0 Å². The number of carbonyl (C=O) groups is 2. The molecule has 0 radical (unpaired) electrons. The molecule has 0 saturated heterocycles. The second-order valence-electron chi connectivity index (χ2n) is 5.87. The lowest BCUT2D eigenvalue weighted by Crippen LogP contribution is -2.22. The molecule has 7 nitrogen and oxygen atoms in total. The Morgan fingerprint density at radius 1 is 1.07 bits per heavy atom. The van der Waals surface area contributed by atoms with Crippen LogP contribution in [0.2, 0.25) is 0 Å². The van der Waals surface area contributed by atoms with Gasteiger partial charge in [0.15, 0.2) is 4.80 Å². The van der Waals surface area contributed by atoms with E-state index in [9.17, 15) is 9.59 Å². The number of thiazole rings is 1. The van der Waals surface area contributed by atoms with Crippen molar-refractivity contribution in [3.63, 3.8) is 0 Å². The second kappa shape index (κ2) is 8.71. The average molecular weight is 400 g/mol. The van der Waals surface area contributed by atoms with Gasteiger partial charge in [0.25, 0.3) is 5.91 Å². The maximum absolute atomic E-state index is 12.6. The fraction of sp³-hybridized carbons (Fsp3) is 0.250. The van der Waals surface area contributed by atoms with Crippen LogP contribution < -0.4 is 14.3 Å². The molecule has 0 bridgehead atoms. The van der Waals surface area contributed by atoms with Gasteiger partial charge in [-0.25, -0.2) is 0 Å². The molecule has 3 rings (SSSR count). The van der Waals surface area contributed by atoms with Crippen molar-refractivity contribution in [3.05, 3.63) is 52.8 Å². The van der Waals surface area contributed by atoms with E-state index < -0.39 is 5.97 Å². The van der Waals surface area contributed by atoms with E-state index in [2.05, 4.69) is 4.99 Å². The van der Waals surface area contributed by atoms with Gasteiger partial charge in [-0.3, -0.25) is 9.59 Å². The number of nitrogens with zero attached hydrogens (tertiary/aromatic N) is 2. The minimum Gasteiger partial charge on any atom is -0.497 e. The zero-order valence-corrected chi connectivity index (χ0v) is 16.6. The third-order valence-corrected chi connectivity index (χ3v) is 5.22. The second-order valence-corrected chi connectivity index (χ2v) is 6.88. The third-order valence-electron chi connectivity index (χ3n) is 4.16. The first-order valence-electron chi connectivity index (χ1n) is 8.49. The van der Waals surface area contributed by atoms with E-state index in [0.717, 1.165) is 10.2 Å². The van der Waals surface area contributed by atoms with E-state index in [1.165, 1.54) is 25.6 Å². The molecule has 3 aromatic rings. The summed E-state index contributed by atoms with van der Waals surface area (Å²) in [6.07, 6.45) is 0.0691. The van der Waals surface area contributed by atoms with Gasteiger partial charge >= 0.3 is 5.97 Å². The molecular formula is C20H20N2O5S. The highest BCUT2D eigenvalue weighted by molar-refractivity contribution is 7.16. The summed E-state index contributed by atoms with van der Waals surface area (Å²) in [5.41, 5.74) is 1.53. The van der Waals surface area contributed by atoms with Crippen molar-refractivity contribution < 1.29 is 23.8 Å². The molecule has 1 heterocycles. The van der Waals surface area contributed by atoms with Crippen LogP contribution >= 0.6 is 11.3 Å². The number of aromatic nitrogens is 1. The van der Waals surface area contributed by atoms with Crippen LogP contribution in [0.1, 0.15) is 5.56 Å². The summed E-state index contributed by atoms with van der Waals surface area (Å²) in [7, 11) is 4.43. The fourth-order valence-electron chi connectivity index (χ4n) is 2.76. The van der Waals surface area contributed by atoms with Crippen LogP contribution in [0.5, 0.6) is 11.5 Å². The molecule has 0 saturated carbocycles. The molecule has 0 aliphatic rings. The number of ether oxygens (including phenoxy) is 3. The quantitative estimate of drug-likeness (QED) is 0.594. The minimum atomic E-state index is -0.408. The van der Waals surface area contributed by atoms with Crippen molar-refractivity contribution in [1.82, 2.24) is 4.57 Å². The smallest absolute Gasteiger partial charge is 0.325 e. The molecule has 28 heavy (non-hydrogen) atoms. The minimum absolute atomic E-state index is 0.0154. The highest BCUT2D eigenvalue weighted by Crippen LogP contribution is 2.25. The molecule has 0 N–H and O–H groups in total. The molecule has 0 unspecified atom stereocenters. The molecular weight excluding hydrogens is 380 g/mol. The molecule has 1 amide bonds. The van der Waals surface area contributed by atoms with Crippen molar-refractivity contribution >= 4 is 33.4 Å². The van der Waals surface area contributed by atoms with Crippen LogP contribution in [-0.2, 0) is 27.3 Å². The lowest BCUT2D eigenvalue weighted by molar-refractivity contribution is -0.141.